The van der Waals surface area contributed by atoms with Crippen LogP contribution in [-0.4, -0.2) is 12.5 Å². The van der Waals surface area contributed by atoms with E-state index in [-0.39, 0.29) is 5.91 Å². The average molecular weight is 377 g/mol. The first-order valence-electron chi connectivity index (χ1n) is 6.80. The third-order valence-corrected chi connectivity index (χ3v) is 4.40. The summed E-state index contributed by atoms with van der Waals surface area (Å²) in [7, 11) is 0. The van der Waals surface area contributed by atoms with Crippen molar-refractivity contribution in [3.05, 3.63) is 63.2 Å². The summed E-state index contributed by atoms with van der Waals surface area (Å²) in [6, 6.07) is 16.0. The molecule has 1 aliphatic rings. The Bertz CT molecular complexity index is 636. The fourth-order valence-corrected chi connectivity index (χ4v) is 3.10. The number of halogens is 1. The Hall–Kier alpha value is -1.36. The highest BCUT2D eigenvalue weighted by atomic mass is 127. The lowest BCUT2D eigenvalue weighted by Crippen LogP contribution is -2.39. The molecule has 0 radical (unpaired) electrons. The molecule has 20 heavy (non-hydrogen) atoms. The maximum Gasteiger partial charge on any atom is 0.258 e. The van der Waals surface area contributed by atoms with E-state index in [4.69, 9.17) is 0 Å². The summed E-state index contributed by atoms with van der Waals surface area (Å²) in [5, 5.41) is 0. The Labute approximate surface area is 132 Å². The summed E-state index contributed by atoms with van der Waals surface area (Å²) in [4.78, 5) is 14.7. The number of rotatable bonds is 1. The molecule has 0 aromatic heterocycles. The lowest BCUT2D eigenvalue weighted by Gasteiger charge is -2.33. The lowest BCUT2D eigenvalue weighted by atomic mass is 9.93. The van der Waals surface area contributed by atoms with E-state index >= 15 is 0 Å². The summed E-state index contributed by atoms with van der Waals surface area (Å²) in [5.41, 5.74) is 3.09. The van der Waals surface area contributed by atoms with Crippen LogP contribution < -0.4 is 4.90 Å². The number of carbonyl (C=O) groups is 1. The van der Waals surface area contributed by atoms with Gasteiger partial charge < -0.3 is 4.90 Å². The summed E-state index contributed by atoms with van der Waals surface area (Å²) >= 11 is 2.25. The first-order chi connectivity index (χ1) is 9.65. The molecule has 1 unspecified atom stereocenters. The van der Waals surface area contributed by atoms with E-state index in [0.29, 0.717) is 5.92 Å². The molecule has 3 rings (SSSR count). The molecule has 2 nitrogen and oxygen atoms in total. The second-order valence-electron chi connectivity index (χ2n) is 5.36. The van der Waals surface area contributed by atoms with Crippen LogP contribution in [0, 0.1) is 9.49 Å². The second kappa shape index (κ2) is 5.56. The third kappa shape index (κ3) is 2.59. The Balaban J connectivity index is 1.97. The SMILES string of the molecule is CC1Cc2ccccc2N(C(=O)c2ccc(I)cc2)C1. The molecule has 102 valence electrons. The van der Waals surface area contributed by atoms with E-state index in [1.54, 1.807) is 0 Å². The van der Waals surface area contributed by atoms with Gasteiger partial charge in [-0.15, -0.1) is 0 Å². The Morgan fingerprint density at radius 1 is 1.15 bits per heavy atom. The molecular weight excluding hydrogens is 361 g/mol. The van der Waals surface area contributed by atoms with E-state index in [2.05, 4.69) is 35.6 Å². The first-order valence-corrected chi connectivity index (χ1v) is 7.88. The average Bonchev–Trinajstić information content (AvgIpc) is 2.46. The topological polar surface area (TPSA) is 20.3 Å². The minimum absolute atomic E-state index is 0.0976. The minimum atomic E-state index is 0.0976. The summed E-state index contributed by atoms with van der Waals surface area (Å²) < 4.78 is 1.14. The molecule has 0 bridgehead atoms. The van der Waals surface area contributed by atoms with E-state index in [0.717, 1.165) is 27.8 Å². The van der Waals surface area contributed by atoms with E-state index in [1.807, 2.05) is 47.4 Å². The highest BCUT2D eigenvalue weighted by Gasteiger charge is 2.26. The van der Waals surface area contributed by atoms with Crippen molar-refractivity contribution in [3.63, 3.8) is 0 Å². The molecule has 2 aromatic rings. The van der Waals surface area contributed by atoms with Crippen molar-refractivity contribution in [3.8, 4) is 0 Å². The van der Waals surface area contributed by atoms with E-state index in [1.165, 1.54) is 5.56 Å². The summed E-state index contributed by atoms with van der Waals surface area (Å²) in [5.74, 6) is 0.595. The second-order valence-corrected chi connectivity index (χ2v) is 6.61. The Kier molecular flexibility index (Phi) is 3.78. The molecule has 1 aliphatic heterocycles. The number of hydrogen-bond acceptors (Lipinski definition) is 1. The highest BCUT2D eigenvalue weighted by Crippen LogP contribution is 2.30. The van der Waals surface area contributed by atoms with Gasteiger partial charge in [-0.25, -0.2) is 0 Å². The molecule has 1 heterocycles. The van der Waals surface area contributed by atoms with Gasteiger partial charge >= 0.3 is 0 Å². The molecule has 1 amide bonds. The maximum atomic E-state index is 12.7. The van der Waals surface area contributed by atoms with Crippen LogP contribution in [0.25, 0.3) is 0 Å². The van der Waals surface area contributed by atoms with Crippen LogP contribution in [0.3, 0.4) is 0 Å². The number of amides is 1. The van der Waals surface area contributed by atoms with E-state index in [9.17, 15) is 4.79 Å². The summed E-state index contributed by atoms with van der Waals surface area (Å²) in [6.45, 7) is 2.99. The normalized spacial score (nSPS) is 17.7. The van der Waals surface area contributed by atoms with Gasteiger partial charge in [0.2, 0.25) is 0 Å². The maximum absolute atomic E-state index is 12.7. The van der Waals surface area contributed by atoms with Gasteiger partial charge in [-0.05, 0) is 70.8 Å². The number of hydrogen-bond donors (Lipinski definition) is 0. The molecule has 0 spiro atoms. The van der Waals surface area contributed by atoms with Gasteiger partial charge in [0, 0.05) is 21.4 Å². The molecule has 1 atom stereocenters. The fraction of sp³-hybridized carbons (Fsp3) is 0.235. The van der Waals surface area contributed by atoms with Crippen LogP contribution in [0.5, 0.6) is 0 Å². The quantitative estimate of drug-likeness (QED) is 0.685. The van der Waals surface area contributed by atoms with Crippen molar-refractivity contribution in [2.45, 2.75) is 13.3 Å². The minimum Gasteiger partial charge on any atom is -0.308 e. The molecule has 0 saturated carbocycles. The molecule has 0 fully saturated rings. The van der Waals surface area contributed by atoms with Gasteiger partial charge in [-0.1, -0.05) is 25.1 Å². The van der Waals surface area contributed by atoms with E-state index < -0.39 is 0 Å². The van der Waals surface area contributed by atoms with Gasteiger partial charge in [-0.3, -0.25) is 4.79 Å². The van der Waals surface area contributed by atoms with Crippen LogP contribution >= 0.6 is 22.6 Å². The number of nitrogens with zero attached hydrogens (tertiary/aromatic N) is 1. The number of anilines is 1. The van der Waals surface area contributed by atoms with Crippen LogP contribution in [0.1, 0.15) is 22.8 Å². The van der Waals surface area contributed by atoms with Gasteiger partial charge in [-0.2, -0.15) is 0 Å². The number of para-hydroxylation sites is 1. The van der Waals surface area contributed by atoms with Crippen molar-refractivity contribution in [1.82, 2.24) is 0 Å². The fourth-order valence-electron chi connectivity index (χ4n) is 2.74. The zero-order chi connectivity index (χ0) is 14.1. The third-order valence-electron chi connectivity index (χ3n) is 3.68. The predicted octanol–water partition coefficient (Wildman–Crippen LogP) is 4.13. The monoisotopic (exact) mass is 377 g/mol. The summed E-state index contributed by atoms with van der Waals surface area (Å²) in [6.07, 6.45) is 1.05. The van der Waals surface area contributed by atoms with Crippen molar-refractivity contribution >= 4 is 34.2 Å². The molecule has 0 aliphatic carbocycles. The van der Waals surface area contributed by atoms with Gasteiger partial charge in [0.15, 0.2) is 0 Å². The number of fused-ring (bicyclic) bond motifs is 1. The van der Waals surface area contributed by atoms with Crippen LogP contribution in [0.4, 0.5) is 5.69 Å². The van der Waals surface area contributed by atoms with Crippen LogP contribution in [0.2, 0.25) is 0 Å². The molecule has 2 aromatic carbocycles. The van der Waals surface area contributed by atoms with Gasteiger partial charge in [0.05, 0.1) is 0 Å². The molecular formula is C17H16INO. The number of benzene rings is 2. The van der Waals surface area contributed by atoms with Crippen molar-refractivity contribution in [2.75, 3.05) is 11.4 Å². The Morgan fingerprint density at radius 3 is 2.60 bits per heavy atom. The van der Waals surface area contributed by atoms with Gasteiger partial charge in [0.1, 0.15) is 0 Å². The van der Waals surface area contributed by atoms with Crippen LogP contribution in [-0.2, 0) is 6.42 Å². The lowest BCUT2D eigenvalue weighted by molar-refractivity contribution is 0.0981. The molecule has 0 saturated heterocycles. The van der Waals surface area contributed by atoms with Crippen LogP contribution in [0.15, 0.2) is 48.5 Å². The molecule has 0 N–H and O–H groups in total. The first kappa shape index (κ1) is 13.6. The zero-order valence-corrected chi connectivity index (χ0v) is 13.5. The highest BCUT2D eigenvalue weighted by molar-refractivity contribution is 14.1. The zero-order valence-electron chi connectivity index (χ0n) is 11.3. The van der Waals surface area contributed by atoms with Crippen molar-refractivity contribution in [2.24, 2.45) is 5.92 Å². The van der Waals surface area contributed by atoms with Crippen molar-refractivity contribution < 1.29 is 4.79 Å². The largest absolute Gasteiger partial charge is 0.308 e. The molecule has 3 heteroatoms. The van der Waals surface area contributed by atoms with Gasteiger partial charge in [0.25, 0.3) is 5.91 Å². The predicted molar refractivity (Wildman–Crippen MR) is 90.1 cm³/mol. The Morgan fingerprint density at radius 2 is 1.85 bits per heavy atom. The number of carbonyl (C=O) groups excluding carboxylic acids is 1. The van der Waals surface area contributed by atoms with Crippen molar-refractivity contribution in [1.29, 1.82) is 0 Å². The smallest absolute Gasteiger partial charge is 0.258 e. The standard InChI is InChI=1S/C17H16INO/c1-12-10-14-4-2-3-5-16(14)19(11-12)17(20)13-6-8-15(18)9-7-13/h2-9,12H,10-11H2,1H3.